The Labute approximate surface area is 158 Å². The molecule has 0 N–H and O–H groups in total. The van der Waals surface area contributed by atoms with Gasteiger partial charge in [0.2, 0.25) is 0 Å². The number of hydrogen-bond donors (Lipinski definition) is 0. The Bertz CT molecular complexity index is 224. The van der Waals surface area contributed by atoms with Crippen molar-refractivity contribution in [2.24, 2.45) is 0 Å². The Morgan fingerprint density at radius 2 is 1.00 bits per heavy atom. The molecule has 1 aliphatic rings. The smallest absolute Gasteiger partial charge is 0.0784 e. The van der Waals surface area contributed by atoms with Crippen LogP contribution in [0.4, 0.5) is 0 Å². The van der Waals surface area contributed by atoms with Crippen LogP contribution in [0.25, 0.3) is 0 Å². The molecule has 1 aliphatic heterocycles. The molecular weight excluding hydrogens is 381 g/mol. The summed E-state index contributed by atoms with van der Waals surface area (Å²) in [7, 11) is 2.48. The van der Waals surface area contributed by atoms with Crippen molar-refractivity contribution in [3.63, 3.8) is 0 Å². The van der Waals surface area contributed by atoms with Crippen LogP contribution in [-0.4, -0.2) is 31.2 Å². The highest BCUT2D eigenvalue weighted by Gasteiger charge is 2.23. The van der Waals surface area contributed by atoms with E-state index in [1.165, 1.54) is 120 Å². The maximum atomic E-state index is 2.48. The molecule has 0 spiro atoms. The zero-order chi connectivity index (χ0) is 15.2. The molecule has 1 saturated heterocycles. The summed E-state index contributed by atoms with van der Waals surface area (Å²) in [6, 6.07) is 0. The van der Waals surface area contributed by atoms with Crippen LogP contribution in [0.1, 0.15) is 103 Å². The van der Waals surface area contributed by atoms with Crippen LogP contribution >= 0.6 is 0 Å². The molecule has 1 nitrogen and oxygen atoms in total. The lowest BCUT2D eigenvalue weighted by molar-refractivity contribution is -0.914. The van der Waals surface area contributed by atoms with Crippen LogP contribution in [0.2, 0.25) is 0 Å². The van der Waals surface area contributed by atoms with Crippen LogP contribution < -0.4 is 24.0 Å². The topological polar surface area (TPSA) is 0 Å². The van der Waals surface area contributed by atoms with Gasteiger partial charge in [-0.1, -0.05) is 71.1 Å². The van der Waals surface area contributed by atoms with Crippen LogP contribution in [0.3, 0.4) is 0 Å². The van der Waals surface area contributed by atoms with E-state index in [0.717, 1.165) is 0 Å². The summed E-state index contributed by atoms with van der Waals surface area (Å²) >= 11 is 0. The molecule has 134 valence electrons. The fraction of sp³-hybridized carbons (Fsp3) is 1.00. The minimum Gasteiger partial charge on any atom is -1.00 e. The van der Waals surface area contributed by atoms with Gasteiger partial charge in [0.05, 0.1) is 26.7 Å². The second-order valence-corrected chi connectivity index (χ2v) is 7.74. The average Bonchev–Trinajstić information content (AvgIpc) is 2.49. The molecule has 2 heteroatoms. The normalized spacial score (nSPS) is 17.2. The maximum Gasteiger partial charge on any atom is 0.0784 e. The third-order valence-corrected chi connectivity index (χ3v) is 5.45. The van der Waals surface area contributed by atoms with Crippen LogP contribution in [-0.2, 0) is 0 Å². The van der Waals surface area contributed by atoms with E-state index in [2.05, 4.69) is 14.0 Å². The summed E-state index contributed by atoms with van der Waals surface area (Å²) in [6.07, 6.45) is 22.0. The summed E-state index contributed by atoms with van der Waals surface area (Å²) in [4.78, 5) is 0. The molecule has 0 aromatic heterocycles. The van der Waals surface area contributed by atoms with Crippen molar-refractivity contribution in [1.29, 1.82) is 0 Å². The van der Waals surface area contributed by atoms with Crippen molar-refractivity contribution in [2.45, 2.75) is 103 Å². The highest BCUT2D eigenvalue weighted by Crippen LogP contribution is 2.18. The Morgan fingerprint density at radius 1 is 0.591 bits per heavy atom. The lowest BCUT2D eigenvalue weighted by atomic mass is 10.0. The van der Waals surface area contributed by atoms with E-state index in [1.807, 2.05) is 0 Å². The average molecular weight is 423 g/mol. The van der Waals surface area contributed by atoms with Gasteiger partial charge in [-0.05, 0) is 32.1 Å². The lowest BCUT2D eigenvalue weighted by Gasteiger charge is -2.37. The number of rotatable bonds is 13. The largest absolute Gasteiger partial charge is 1.00 e. The van der Waals surface area contributed by atoms with Gasteiger partial charge in [0.25, 0.3) is 0 Å². The van der Waals surface area contributed by atoms with E-state index < -0.39 is 0 Å². The molecular formula is C20H42IN. The van der Waals surface area contributed by atoms with Crippen molar-refractivity contribution in [3.8, 4) is 0 Å². The molecule has 0 saturated carbocycles. The van der Waals surface area contributed by atoms with Crippen molar-refractivity contribution in [1.82, 2.24) is 0 Å². The van der Waals surface area contributed by atoms with Gasteiger partial charge in [-0.2, -0.15) is 0 Å². The molecule has 1 fully saturated rings. The van der Waals surface area contributed by atoms with Crippen LogP contribution in [0.15, 0.2) is 0 Å². The van der Waals surface area contributed by atoms with E-state index >= 15 is 0 Å². The zero-order valence-corrected chi connectivity index (χ0v) is 17.7. The number of likely N-dealkylation sites (tertiary alicyclic amines) is 1. The lowest BCUT2D eigenvalue weighted by Crippen LogP contribution is -3.00. The minimum atomic E-state index is 0. The van der Waals surface area contributed by atoms with Crippen LogP contribution in [0.5, 0.6) is 0 Å². The van der Waals surface area contributed by atoms with Gasteiger partial charge in [-0.25, -0.2) is 0 Å². The first-order valence-corrected chi connectivity index (χ1v) is 10.1. The Kier molecular flexibility index (Phi) is 15.7. The summed E-state index contributed by atoms with van der Waals surface area (Å²) < 4.78 is 1.37. The molecule has 22 heavy (non-hydrogen) atoms. The molecule has 0 aromatic rings. The van der Waals surface area contributed by atoms with E-state index in [9.17, 15) is 0 Å². The molecule has 0 aliphatic carbocycles. The predicted octanol–water partition coefficient (Wildman–Crippen LogP) is 3.32. The second-order valence-electron chi connectivity index (χ2n) is 7.74. The van der Waals surface area contributed by atoms with E-state index in [-0.39, 0.29) is 24.0 Å². The third kappa shape index (κ3) is 12.2. The van der Waals surface area contributed by atoms with Gasteiger partial charge in [-0.15, -0.1) is 0 Å². The van der Waals surface area contributed by atoms with Crippen molar-refractivity contribution < 1.29 is 28.5 Å². The van der Waals surface area contributed by atoms with Gasteiger partial charge < -0.3 is 28.5 Å². The van der Waals surface area contributed by atoms with Crippen molar-refractivity contribution >= 4 is 0 Å². The van der Waals surface area contributed by atoms with Gasteiger partial charge in [-0.3, -0.25) is 0 Å². The molecule has 0 bridgehead atoms. The molecule has 0 radical (unpaired) electrons. The molecule has 0 amide bonds. The number of unbranched alkanes of at least 4 members (excludes halogenated alkanes) is 11. The number of halogens is 1. The fourth-order valence-corrected chi connectivity index (χ4v) is 3.83. The van der Waals surface area contributed by atoms with Crippen LogP contribution in [0, 0.1) is 0 Å². The molecule has 0 unspecified atom stereocenters. The number of quaternary nitrogens is 1. The van der Waals surface area contributed by atoms with Gasteiger partial charge in [0, 0.05) is 0 Å². The minimum absolute atomic E-state index is 0. The van der Waals surface area contributed by atoms with E-state index in [0.29, 0.717) is 0 Å². The molecule has 1 rings (SSSR count). The number of nitrogens with zero attached hydrogens (tertiary/aromatic N) is 1. The standard InChI is InChI=1S/C20H42N.HI/c1-3-4-5-6-7-8-9-10-11-12-13-15-18-21(2)19-16-14-17-20-21;/h3-20H2,1-2H3;1H/q+1;/p-1. The highest BCUT2D eigenvalue weighted by atomic mass is 127. The summed E-state index contributed by atoms with van der Waals surface area (Å²) in [5.41, 5.74) is 0. The highest BCUT2D eigenvalue weighted by molar-refractivity contribution is 4.53. The summed E-state index contributed by atoms with van der Waals surface area (Å²) in [5, 5.41) is 0. The SMILES string of the molecule is CCCCCCCCCCCCCC[N+]1(C)CCCCC1.[I-]. The zero-order valence-electron chi connectivity index (χ0n) is 15.6. The predicted molar refractivity (Wildman–Crippen MR) is 95.7 cm³/mol. The van der Waals surface area contributed by atoms with Gasteiger partial charge >= 0.3 is 0 Å². The van der Waals surface area contributed by atoms with E-state index in [4.69, 9.17) is 0 Å². The molecule has 0 aromatic carbocycles. The van der Waals surface area contributed by atoms with Crippen molar-refractivity contribution in [3.05, 3.63) is 0 Å². The monoisotopic (exact) mass is 423 g/mol. The Morgan fingerprint density at radius 3 is 1.45 bits per heavy atom. The first kappa shape index (κ1) is 22.7. The van der Waals surface area contributed by atoms with Gasteiger partial charge in [0.15, 0.2) is 0 Å². The summed E-state index contributed by atoms with van der Waals surface area (Å²) in [6.45, 7) is 6.63. The maximum absolute atomic E-state index is 2.48. The molecule has 1 heterocycles. The first-order chi connectivity index (χ1) is 10.3. The Balaban J connectivity index is 0.00000441. The fourth-order valence-electron chi connectivity index (χ4n) is 3.83. The molecule has 0 atom stereocenters. The first-order valence-electron chi connectivity index (χ1n) is 10.1. The Hall–Kier alpha value is 0.690. The second kappa shape index (κ2) is 15.2. The number of hydrogen-bond acceptors (Lipinski definition) is 0. The van der Waals surface area contributed by atoms with Crippen molar-refractivity contribution in [2.75, 3.05) is 26.7 Å². The third-order valence-electron chi connectivity index (χ3n) is 5.45. The van der Waals surface area contributed by atoms with E-state index in [1.54, 1.807) is 0 Å². The quantitative estimate of drug-likeness (QED) is 0.242. The van der Waals surface area contributed by atoms with Gasteiger partial charge in [0.1, 0.15) is 0 Å². The number of piperidine rings is 1. The summed E-state index contributed by atoms with van der Waals surface area (Å²) in [5.74, 6) is 0.